The van der Waals surface area contributed by atoms with Crippen LogP contribution in [0.2, 0.25) is 0 Å². The van der Waals surface area contributed by atoms with E-state index in [1.54, 1.807) is 16.9 Å². The molecule has 3 nitrogen and oxygen atoms in total. The quantitative estimate of drug-likeness (QED) is 0.942. The molecule has 1 heterocycles. The van der Waals surface area contributed by atoms with Crippen LogP contribution in [-0.4, -0.2) is 14.9 Å². The second-order valence-electron chi connectivity index (χ2n) is 4.13. The van der Waals surface area contributed by atoms with Crippen molar-refractivity contribution in [2.45, 2.75) is 26.0 Å². The Morgan fingerprint density at radius 2 is 2.22 bits per heavy atom. The fourth-order valence-electron chi connectivity index (χ4n) is 1.79. The van der Waals surface area contributed by atoms with Crippen molar-refractivity contribution >= 4 is 15.9 Å². The summed E-state index contributed by atoms with van der Waals surface area (Å²) < 4.78 is 15.6. The molecule has 0 bridgehead atoms. The normalized spacial score (nSPS) is 12.7. The van der Waals surface area contributed by atoms with Crippen molar-refractivity contribution in [2.75, 3.05) is 0 Å². The predicted octanol–water partition coefficient (Wildman–Crippen LogP) is 3.08. The van der Waals surface area contributed by atoms with E-state index >= 15 is 0 Å². The molecule has 1 unspecified atom stereocenters. The van der Waals surface area contributed by atoms with Crippen LogP contribution in [0.1, 0.15) is 24.2 Å². The SMILES string of the molecule is CCn1cc(CC(O)c2cc(F)cc(Br)c2)cn1. The molecule has 18 heavy (non-hydrogen) atoms. The minimum Gasteiger partial charge on any atom is -0.388 e. The molecule has 0 aliphatic heterocycles. The largest absolute Gasteiger partial charge is 0.388 e. The maximum atomic E-state index is 13.2. The van der Waals surface area contributed by atoms with Gasteiger partial charge in [-0.1, -0.05) is 15.9 Å². The molecule has 0 saturated carbocycles. The molecule has 0 aliphatic carbocycles. The number of hydrogen-bond donors (Lipinski definition) is 1. The zero-order valence-corrected chi connectivity index (χ0v) is 11.6. The summed E-state index contributed by atoms with van der Waals surface area (Å²) in [4.78, 5) is 0. The van der Waals surface area contributed by atoms with Crippen LogP contribution in [0.3, 0.4) is 0 Å². The number of aromatic nitrogens is 2. The van der Waals surface area contributed by atoms with Crippen LogP contribution < -0.4 is 0 Å². The van der Waals surface area contributed by atoms with Crippen LogP contribution in [0, 0.1) is 5.82 Å². The molecule has 5 heteroatoms. The van der Waals surface area contributed by atoms with Gasteiger partial charge in [0.1, 0.15) is 5.82 Å². The van der Waals surface area contributed by atoms with Gasteiger partial charge in [-0.25, -0.2) is 4.39 Å². The van der Waals surface area contributed by atoms with Crippen LogP contribution in [0.15, 0.2) is 35.1 Å². The summed E-state index contributed by atoms with van der Waals surface area (Å²) in [6.07, 6.45) is 3.31. The summed E-state index contributed by atoms with van der Waals surface area (Å²) in [5.74, 6) is -0.359. The monoisotopic (exact) mass is 312 g/mol. The van der Waals surface area contributed by atoms with Gasteiger partial charge >= 0.3 is 0 Å². The van der Waals surface area contributed by atoms with Crippen LogP contribution in [-0.2, 0) is 13.0 Å². The first kappa shape index (κ1) is 13.2. The van der Waals surface area contributed by atoms with Gasteiger partial charge < -0.3 is 5.11 Å². The predicted molar refractivity (Wildman–Crippen MR) is 70.7 cm³/mol. The lowest BCUT2D eigenvalue weighted by molar-refractivity contribution is 0.178. The summed E-state index contributed by atoms with van der Waals surface area (Å²) in [5, 5.41) is 14.2. The van der Waals surface area contributed by atoms with Crippen LogP contribution >= 0.6 is 15.9 Å². The molecular weight excluding hydrogens is 299 g/mol. The zero-order chi connectivity index (χ0) is 13.1. The molecule has 1 N–H and O–H groups in total. The van der Waals surface area contributed by atoms with E-state index in [0.29, 0.717) is 16.5 Å². The van der Waals surface area contributed by atoms with E-state index < -0.39 is 6.10 Å². The minimum atomic E-state index is -0.730. The average Bonchev–Trinajstić information content (AvgIpc) is 2.75. The van der Waals surface area contributed by atoms with Crippen LogP contribution in [0.25, 0.3) is 0 Å². The third kappa shape index (κ3) is 3.17. The van der Waals surface area contributed by atoms with Crippen molar-refractivity contribution in [3.05, 3.63) is 52.0 Å². The van der Waals surface area contributed by atoms with E-state index in [0.717, 1.165) is 12.1 Å². The Morgan fingerprint density at radius 3 is 2.83 bits per heavy atom. The number of hydrogen-bond acceptors (Lipinski definition) is 2. The molecule has 1 atom stereocenters. The molecule has 0 radical (unpaired) electrons. The van der Waals surface area contributed by atoms with E-state index in [9.17, 15) is 9.50 Å². The molecule has 0 spiro atoms. The van der Waals surface area contributed by atoms with E-state index in [-0.39, 0.29) is 5.82 Å². The molecule has 2 rings (SSSR count). The van der Waals surface area contributed by atoms with E-state index in [4.69, 9.17) is 0 Å². The Bertz CT molecular complexity index is 521. The Kier molecular flexibility index (Phi) is 4.14. The fourth-order valence-corrected chi connectivity index (χ4v) is 2.28. The van der Waals surface area contributed by atoms with Gasteiger partial charge in [0.25, 0.3) is 0 Å². The number of benzene rings is 1. The van der Waals surface area contributed by atoms with Gasteiger partial charge in [0.2, 0.25) is 0 Å². The average molecular weight is 313 g/mol. The Morgan fingerprint density at radius 1 is 1.44 bits per heavy atom. The summed E-state index contributed by atoms with van der Waals surface area (Å²) in [5.41, 5.74) is 1.50. The topological polar surface area (TPSA) is 38.0 Å². The van der Waals surface area contributed by atoms with Crippen molar-refractivity contribution < 1.29 is 9.50 Å². The summed E-state index contributed by atoms with van der Waals surface area (Å²) >= 11 is 3.21. The highest BCUT2D eigenvalue weighted by atomic mass is 79.9. The van der Waals surface area contributed by atoms with Gasteiger partial charge in [-0.15, -0.1) is 0 Å². The third-order valence-corrected chi connectivity index (χ3v) is 3.17. The standard InChI is InChI=1S/C13H14BrFN2O/c1-2-17-8-9(7-16-17)3-13(18)10-4-11(14)6-12(15)5-10/h4-8,13,18H,2-3H2,1H3. The first-order valence-electron chi connectivity index (χ1n) is 5.74. The molecule has 0 aliphatic rings. The molecule has 0 saturated heterocycles. The van der Waals surface area contributed by atoms with Crippen LogP contribution in [0.5, 0.6) is 0 Å². The molecule has 96 valence electrons. The van der Waals surface area contributed by atoms with Gasteiger partial charge in [0, 0.05) is 23.6 Å². The van der Waals surface area contributed by atoms with E-state index in [2.05, 4.69) is 21.0 Å². The lowest BCUT2D eigenvalue weighted by Gasteiger charge is -2.10. The molecule has 0 fully saturated rings. The second kappa shape index (κ2) is 5.63. The Balaban J connectivity index is 2.13. The summed E-state index contributed by atoms with van der Waals surface area (Å²) in [6.45, 7) is 2.79. The molecule has 0 amide bonds. The van der Waals surface area contributed by atoms with Crippen LogP contribution in [0.4, 0.5) is 4.39 Å². The zero-order valence-electron chi connectivity index (χ0n) is 9.98. The molecule has 2 aromatic rings. The lowest BCUT2D eigenvalue weighted by Crippen LogP contribution is -2.02. The maximum Gasteiger partial charge on any atom is 0.124 e. The highest BCUT2D eigenvalue weighted by Gasteiger charge is 2.11. The maximum absolute atomic E-state index is 13.2. The first-order valence-corrected chi connectivity index (χ1v) is 6.53. The van der Waals surface area contributed by atoms with Crippen molar-refractivity contribution in [3.8, 4) is 0 Å². The fraction of sp³-hybridized carbons (Fsp3) is 0.308. The lowest BCUT2D eigenvalue weighted by atomic mass is 10.0. The smallest absolute Gasteiger partial charge is 0.124 e. The minimum absolute atomic E-state index is 0.359. The van der Waals surface area contributed by atoms with Gasteiger partial charge in [-0.3, -0.25) is 4.68 Å². The number of aryl methyl sites for hydroxylation is 1. The third-order valence-electron chi connectivity index (χ3n) is 2.71. The highest BCUT2D eigenvalue weighted by molar-refractivity contribution is 9.10. The molecule has 1 aromatic heterocycles. The van der Waals surface area contributed by atoms with Crippen molar-refractivity contribution in [3.63, 3.8) is 0 Å². The number of aliphatic hydroxyl groups excluding tert-OH is 1. The first-order chi connectivity index (χ1) is 8.58. The van der Waals surface area contributed by atoms with E-state index in [1.165, 1.54) is 12.1 Å². The number of rotatable bonds is 4. The highest BCUT2D eigenvalue weighted by Crippen LogP contribution is 2.23. The summed E-state index contributed by atoms with van der Waals surface area (Å²) in [7, 11) is 0. The van der Waals surface area contributed by atoms with Crippen molar-refractivity contribution in [1.29, 1.82) is 0 Å². The second-order valence-corrected chi connectivity index (χ2v) is 5.04. The Hall–Kier alpha value is -1.20. The van der Waals surface area contributed by atoms with Gasteiger partial charge in [-0.05, 0) is 36.2 Å². The van der Waals surface area contributed by atoms with Gasteiger partial charge in [-0.2, -0.15) is 5.10 Å². The van der Waals surface area contributed by atoms with Crippen molar-refractivity contribution in [1.82, 2.24) is 9.78 Å². The summed E-state index contributed by atoms with van der Waals surface area (Å²) in [6, 6.07) is 4.43. The van der Waals surface area contributed by atoms with Crippen molar-refractivity contribution in [2.24, 2.45) is 0 Å². The molecular formula is C13H14BrFN2O. The van der Waals surface area contributed by atoms with Gasteiger partial charge in [0.05, 0.1) is 12.3 Å². The number of halogens is 2. The Labute approximate surface area is 113 Å². The number of aliphatic hydroxyl groups is 1. The number of nitrogens with zero attached hydrogens (tertiary/aromatic N) is 2. The van der Waals surface area contributed by atoms with Gasteiger partial charge in [0.15, 0.2) is 0 Å². The van der Waals surface area contributed by atoms with E-state index in [1.807, 2.05) is 13.1 Å². The molecule has 1 aromatic carbocycles.